The van der Waals surface area contributed by atoms with E-state index < -0.39 is 0 Å². The third-order valence-electron chi connectivity index (χ3n) is 6.07. The molecule has 0 amide bonds. The Morgan fingerprint density at radius 2 is 1.73 bits per heavy atom. The molecule has 2 heterocycles. The Morgan fingerprint density at radius 3 is 2.43 bits per heavy atom. The second kappa shape index (κ2) is 8.44. The molecular formula is C25H30N3O2+. The zero-order valence-corrected chi connectivity index (χ0v) is 18.1. The van der Waals surface area contributed by atoms with Gasteiger partial charge in [-0.1, -0.05) is 64.1 Å². The van der Waals surface area contributed by atoms with E-state index in [9.17, 15) is 4.79 Å². The summed E-state index contributed by atoms with van der Waals surface area (Å²) in [5.74, 6) is 1.69. The summed E-state index contributed by atoms with van der Waals surface area (Å²) >= 11 is 0. The summed E-state index contributed by atoms with van der Waals surface area (Å²) in [5, 5.41) is 3.14. The van der Waals surface area contributed by atoms with Crippen LogP contribution in [0.2, 0.25) is 0 Å². The molecule has 4 aromatic rings. The van der Waals surface area contributed by atoms with Gasteiger partial charge in [-0.05, 0) is 30.0 Å². The Hall–Kier alpha value is -2.92. The smallest absolute Gasteiger partial charge is 0.294 e. The summed E-state index contributed by atoms with van der Waals surface area (Å²) in [5.41, 5.74) is 4.07. The number of nitrogens with two attached hydrogens (primary N) is 1. The van der Waals surface area contributed by atoms with Crippen LogP contribution >= 0.6 is 0 Å². The van der Waals surface area contributed by atoms with Crippen molar-refractivity contribution in [2.75, 3.05) is 0 Å². The number of para-hydroxylation sites is 1. The van der Waals surface area contributed by atoms with Crippen LogP contribution in [0, 0.1) is 5.92 Å². The first kappa shape index (κ1) is 20.4. The van der Waals surface area contributed by atoms with Gasteiger partial charge in [-0.25, -0.2) is 4.98 Å². The number of rotatable bonds is 7. The van der Waals surface area contributed by atoms with E-state index in [4.69, 9.17) is 9.40 Å². The monoisotopic (exact) mass is 404 g/mol. The number of aromatic amines is 1. The van der Waals surface area contributed by atoms with E-state index in [0.29, 0.717) is 40.9 Å². The molecule has 2 aromatic heterocycles. The van der Waals surface area contributed by atoms with Crippen LogP contribution in [0.4, 0.5) is 0 Å². The molecule has 4 rings (SSSR count). The number of quaternary nitrogens is 1. The lowest BCUT2D eigenvalue weighted by molar-refractivity contribution is -0.718. The van der Waals surface area contributed by atoms with Crippen LogP contribution in [0.25, 0.3) is 22.1 Å². The second-order valence-electron chi connectivity index (χ2n) is 8.47. The van der Waals surface area contributed by atoms with Gasteiger partial charge in [0, 0.05) is 16.9 Å². The van der Waals surface area contributed by atoms with E-state index in [1.54, 1.807) is 0 Å². The van der Waals surface area contributed by atoms with Gasteiger partial charge in [-0.2, -0.15) is 0 Å². The van der Waals surface area contributed by atoms with Crippen molar-refractivity contribution in [3.05, 3.63) is 75.8 Å². The van der Waals surface area contributed by atoms with Crippen molar-refractivity contribution in [3.63, 3.8) is 0 Å². The third-order valence-corrected chi connectivity index (χ3v) is 6.07. The maximum atomic E-state index is 12.5. The molecule has 0 fully saturated rings. The Bertz CT molecular complexity index is 1200. The Labute approximate surface area is 176 Å². The van der Waals surface area contributed by atoms with Crippen molar-refractivity contribution in [2.45, 2.75) is 52.6 Å². The fourth-order valence-corrected chi connectivity index (χ4v) is 4.06. The van der Waals surface area contributed by atoms with Crippen molar-refractivity contribution >= 4 is 22.1 Å². The normalized spacial score (nSPS) is 13.9. The van der Waals surface area contributed by atoms with E-state index in [1.807, 2.05) is 24.3 Å². The topological polar surface area (TPSA) is 75.5 Å². The Kier molecular flexibility index (Phi) is 5.73. The van der Waals surface area contributed by atoms with E-state index in [0.717, 1.165) is 11.8 Å². The molecule has 0 bridgehead atoms. The SMILES string of the molecule is CC[C@@H](C)c1ccc([C@@H]([NH2+]Cc2nc3c(oc4ccccc43)c(=O)[nH]2)C(C)C)cc1. The number of hydrogen-bond donors (Lipinski definition) is 2. The average molecular weight is 405 g/mol. The standard InChI is InChI=1S/C25H29N3O2/c1-5-16(4)17-10-12-18(13-11-17)22(15(2)3)26-14-21-27-23-19-8-6-7-9-20(19)30-24(23)25(29)28-21/h6-13,15-16,22,26H,5,14H2,1-4H3,(H,27,28,29)/p+1/t16-,22+/m1/s1. The predicted octanol–water partition coefficient (Wildman–Crippen LogP) is 4.64. The number of aromatic nitrogens is 2. The molecule has 0 aliphatic carbocycles. The summed E-state index contributed by atoms with van der Waals surface area (Å²) in [4.78, 5) is 20.2. The lowest BCUT2D eigenvalue weighted by Gasteiger charge is -2.20. The van der Waals surface area contributed by atoms with Gasteiger partial charge < -0.3 is 14.7 Å². The molecule has 2 aromatic carbocycles. The van der Waals surface area contributed by atoms with Gasteiger partial charge in [-0.3, -0.25) is 4.79 Å². The van der Waals surface area contributed by atoms with Crippen molar-refractivity contribution in [1.82, 2.24) is 9.97 Å². The highest BCUT2D eigenvalue weighted by atomic mass is 16.3. The van der Waals surface area contributed by atoms with E-state index in [2.05, 4.69) is 62.3 Å². The molecule has 3 N–H and O–H groups in total. The number of furan rings is 1. The first-order valence-corrected chi connectivity index (χ1v) is 10.8. The van der Waals surface area contributed by atoms with Gasteiger partial charge in [0.2, 0.25) is 5.58 Å². The highest BCUT2D eigenvalue weighted by Gasteiger charge is 2.21. The van der Waals surface area contributed by atoms with Crippen LogP contribution in [0.15, 0.2) is 57.7 Å². The summed E-state index contributed by atoms with van der Waals surface area (Å²) < 4.78 is 5.69. The lowest BCUT2D eigenvalue weighted by Crippen LogP contribution is -2.85. The molecule has 0 radical (unpaired) electrons. The maximum absolute atomic E-state index is 12.5. The number of fused-ring (bicyclic) bond motifs is 3. The Morgan fingerprint density at radius 1 is 1.03 bits per heavy atom. The van der Waals surface area contributed by atoms with Crippen molar-refractivity contribution in [1.29, 1.82) is 0 Å². The molecule has 0 unspecified atom stereocenters. The maximum Gasteiger partial charge on any atom is 0.294 e. The van der Waals surface area contributed by atoms with Crippen molar-refractivity contribution in [2.24, 2.45) is 5.92 Å². The largest absolute Gasteiger partial charge is 0.449 e. The van der Waals surface area contributed by atoms with Gasteiger partial charge in [0.05, 0.1) is 0 Å². The number of nitrogens with one attached hydrogen (secondary N) is 1. The zero-order valence-electron chi connectivity index (χ0n) is 18.1. The van der Waals surface area contributed by atoms with Crippen LogP contribution in [-0.4, -0.2) is 9.97 Å². The summed E-state index contributed by atoms with van der Waals surface area (Å²) in [6.07, 6.45) is 1.14. The minimum atomic E-state index is -0.224. The zero-order chi connectivity index (χ0) is 21.3. The van der Waals surface area contributed by atoms with Crippen LogP contribution in [0.5, 0.6) is 0 Å². The van der Waals surface area contributed by atoms with E-state index in [-0.39, 0.29) is 11.6 Å². The highest BCUT2D eigenvalue weighted by molar-refractivity contribution is 6.01. The van der Waals surface area contributed by atoms with Gasteiger partial charge in [0.1, 0.15) is 23.7 Å². The van der Waals surface area contributed by atoms with Gasteiger partial charge in [0.15, 0.2) is 5.82 Å². The summed E-state index contributed by atoms with van der Waals surface area (Å²) in [7, 11) is 0. The van der Waals surface area contributed by atoms with Crippen LogP contribution in [-0.2, 0) is 6.54 Å². The molecule has 0 spiro atoms. The average Bonchev–Trinajstić information content (AvgIpc) is 3.13. The van der Waals surface area contributed by atoms with Gasteiger partial charge in [0.25, 0.3) is 5.56 Å². The first-order chi connectivity index (χ1) is 14.5. The molecule has 156 valence electrons. The lowest BCUT2D eigenvalue weighted by atomic mass is 9.92. The molecule has 0 saturated heterocycles. The summed E-state index contributed by atoms with van der Waals surface area (Å²) in [6.45, 7) is 9.54. The number of H-pyrrole nitrogens is 1. The van der Waals surface area contributed by atoms with Gasteiger partial charge >= 0.3 is 0 Å². The molecular weight excluding hydrogens is 374 g/mol. The fourth-order valence-electron chi connectivity index (χ4n) is 4.06. The van der Waals surface area contributed by atoms with E-state index in [1.165, 1.54) is 11.1 Å². The molecule has 2 atom stereocenters. The number of nitrogens with zero attached hydrogens (tertiary/aromatic N) is 1. The van der Waals surface area contributed by atoms with Crippen LogP contribution < -0.4 is 10.9 Å². The Balaban J connectivity index is 1.59. The second-order valence-corrected chi connectivity index (χ2v) is 8.47. The fraction of sp³-hybridized carbons (Fsp3) is 0.360. The van der Waals surface area contributed by atoms with Gasteiger partial charge in [-0.15, -0.1) is 0 Å². The van der Waals surface area contributed by atoms with Crippen molar-refractivity contribution in [3.8, 4) is 0 Å². The predicted molar refractivity (Wildman–Crippen MR) is 120 cm³/mol. The summed E-state index contributed by atoms with van der Waals surface area (Å²) in [6, 6.07) is 16.9. The molecule has 30 heavy (non-hydrogen) atoms. The molecule has 0 saturated carbocycles. The highest BCUT2D eigenvalue weighted by Crippen LogP contribution is 2.25. The third kappa shape index (κ3) is 3.90. The quantitative estimate of drug-likeness (QED) is 0.471. The minimum absolute atomic E-state index is 0.224. The number of benzene rings is 2. The van der Waals surface area contributed by atoms with E-state index >= 15 is 0 Å². The van der Waals surface area contributed by atoms with Crippen LogP contribution in [0.3, 0.4) is 0 Å². The molecule has 5 nitrogen and oxygen atoms in total. The minimum Gasteiger partial charge on any atom is -0.449 e. The molecule has 0 aliphatic rings. The molecule has 0 aliphatic heterocycles. The first-order valence-electron chi connectivity index (χ1n) is 10.8. The van der Waals surface area contributed by atoms with Crippen LogP contribution in [0.1, 0.15) is 63.0 Å². The molecule has 5 heteroatoms. The van der Waals surface area contributed by atoms with Crippen molar-refractivity contribution < 1.29 is 9.73 Å². The number of hydrogen-bond acceptors (Lipinski definition) is 3.